The fourth-order valence-electron chi connectivity index (χ4n) is 1.74. The van der Waals surface area contributed by atoms with Gasteiger partial charge in [-0.25, -0.2) is 0 Å². The number of amides is 1. The molecular weight excluding hydrogens is 299 g/mol. The molecule has 0 fully saturated rings. The van der Waals surface area contributed by atoms with E-state index in [9.17, 15) is 9.59 Å². The first-order chi connectivity index (χ1) is 9.49. The smallest absolute Gasteiger partial charge is 0.255 e. The van der Waals surface area contributed by atoms with E-state index < -0.39 is 0 Å². The highest BCUT2D eigenvalue weighted by molar-refractivity contribution is 6.35. The van der Waals surface area contributed by atoms with E-state index in [0.717, 1.165) is 0 Å². The van der Waals surface area contributed by atoms with Gasteiger partial charge in [-0.1, -0.05) is 23.2 Å². The number of anilines is 1. The topological polar surface area (TPSA) is 51.1 Å². The van der Waals surface area contributed by atoms with Crippen LogP contribution in [0.4, 0.5) is 5.69 Å². The zero-order valence-electron chi connectivity index (χ0n) is 10.7. The summed E-state index contributed by atoms with van der Waals surface area (Å²) in [6.07, 6.45) is 1.59. The molecule has 0 saturated carbocycles. The van der Waals surface area contributed by atoms with Crippen LogP contribution in [0.5, 0.6) is 0 Å². The molecule has 0 aliphatic rings. The Morgan fingerprint density at radius 3 is 2.45 bits per heavy atom. The summed E-state index contributed by atoms with van der Waals surface area (Å²) in [7, 11) is 0. The lowest BCUT2D eigenvalue weighted by atomic mass is 10.2. The summed E-state index contributed by atoms with van der Waals surface area (Å²) >= 11 is 11.7. The Kier molecular flexibility index (Phi) is 4.47. The van der Waals surface area contributed by atoms with Gasteiger partial charge in [0.2, 0.25) is 0 Å². The summed E-state index contributed by atoms with van der Waals surface area (Å²) < 4.78 is 1.50. The number of pyridine rings is 1. The minimum absolute atomic E-state index is 0.115. The molecule has 0 unspecified atom stereocenters. The van der Waals surface area contributed by atoms with E-state index in [-0.39, 0.29) is 11.5 Å². The quantitative estimate of drug-likeness (QED) is 0.944. The minimum Gasteiger partial charge on any atom is -0.321 e. The van der Waals surface area contributed by atoms with E-state index in [1.54, 1.807) is 18.3 Å². The van der Waals surface area contributed by atoms with E-state index in [1.807, 2.05) is 6.92 Å². The van der Waals surface area contributed by atoms with Gasteiger partial charge in [0.1, 0.15) is 0 Å². The van der Waals surface area contributed by atoms with Gasteiger partial charge in [-0.2, -0.15) is 0 Å². The number of benzene rings is 1. The molecule has 4 nitrogen and oxygen atoms in total. The first-order valence-electron chi connectivity index (χ1n) is 5.97. The number of carbonyl (C=O) groups is 1. The second kappa shape index (κ2) is 6.11. The maximum Gasteiger partial charge on any atom is 0.255 e. The van der Waals surface area contributed by atoms with Gasteiger partial charge in [-0.05, 0) is 31.2 Å². The van der Waals surface area contributed by atoms with Crippen molar-refractivity contribution in [2.24, 2.45) is 0 Å². The molecule has 1 aromatic heterocycles. The van der Waals surface area contributed by atoms with Gasteiger partial charge >= 0.3 is 0 Å². The lowest BCUT2D eigenvalue weighted by molar-refractivity contribution is 0.102. The molecule has 2 rings (SSSR count). The Bertz CT molecular complexity index is 690. The van der Waals surface area contributed by atoms with Crippen molar-refractivity contribution in [2.75, 3.05) is 5.32 Å². The van der Waals surface area contributed by atoms with Crippen molar-refractivity contribution in [1.29, 1.82) is 0 Å². The molecular formula is C14H12Cl2N2O2. The number of nitrogens with zero attached hydrogens (tertiary/aromatic N) is 1. The van der Waals surface area contributed by atoms with Crippen LogP contribution in [-0.4, -0.2) is 10.5 Å². The normalized spacial score (nSPS) is 10.3. The molecule has 0 aliphatic carbocycles. The summed E-state index contributed by atoms with van der Waals surface area (Å²) in [6.45, 7) is 2.38. The van der Waals surface area contributed by atoms with Crippen LogP contribution >= 0.6 is 23.2 Å². The third kappa shape index (κ3) is 3.40. The van der Waals surface area contributed by atoms with Crippen LogP contribution < -0.4 is 10.9 Å². The number of carbonyl (C=O) groups excluding carboxylic acids is 1. The van der Waals surface area contributed by atoms with Gasteiger partial charge in [0.25, 0.3) is 11.5 Å². The van der Waals surface area contributed by atoms with Crippen LogP contribution in [0.2, 0.25) is 10.0 Å². The Balaban J connectivity index is 2.25. The third-order valence-electron chi connectivity index (χ3n) is 2.71. The van der Waals surface area contributed by atoms with Crippen molar-refractivity contribution in [2.45, 2.75) is 13.5 Å². The standard InChI is InChI=1S/C14H12Cl2N2O2/c1-2-18-8-12(3-4-13(18)19)17-14(20)9-5-10(15)7-11(16)6-9/h3-8H,2H2,1H3,(H,17,20). The zero-order valence-corrected chi connectivity index (χ0v) is 12.2. The minimum atomic E-state index is -0.337. The highest BCUT2D eigenvalue weighted by Gasteiger charge is 2.09. The lowest BCUT2D eigenvalue weighted by Gasteiger charge is -2.08. The molecule has 1 aromatic carbocycles. The number of rotatable bonds is 3. The fourth-order valence-corrected chi connectivity index (χ4v) is 2.27. The van der Waals surface area contributed by atoms with E-state index in [2.05, 4.69) is 5.32 Å². The van der Waals surface area contributed by atoms with Gasteiger partial charge in [-0.3, -0.25) is 9.59 Å². The number of aryl methyl sites for hydroxylation is 1. The largest absolute Gasteiger partial charge is 0.321 e. The predicted molar refractivity (Wildman–Crippen MR) is 80.8 cm³/mol. The highest BCUT2D eigenvalue weighted by Crippen LogP contribution is 2.19. The van der Waals surface area contributed by atoms with Crippen molar-refractivity contribution in [1.82, 2.24) is 4.57 Å². The first kappa shape index (κ1) is 14.6. The Hall–Kier alpha value is -1.78. The maximum atomic E-state index is 12.1. The molecule has 0 bridgehead atoms. The van der Waals surface area contributed by atoms with Crippen molar-refractivity contribution in [3.8, 4) is 0 Å². The summed E-state index contributed by atoms with van der Waals surface area (Å²) in [5, 5.41) is 3.48. The molecule has 0 atom stereocenters. The molecule has 0 spiro atoms. The third-order valence-corrected chi connectivity index (χ3v) is 3.14. The van der Waals surface area contributed by atoms with Crippen molar-refractivity contribution in [3.63, 3.8) is 0 Å². The van der Waals surface area contributed by atoms with Gasteiger partial charge in [0.15, 0.2) is 0 Å². The van der Waals surface area contributed by atoms with Gasteiger partial charge in [-0.15, -0.1) is 0 Å². The molecule has 0 saturated heterocycles. The van der Waals surface area contributed by atoms with Crippen molar-refractivity contribution < 1.29 is 4.79 Å². The molecule has 20 heavy (non-hydrogen) atoms. The molecule has 2 aromatic rings. The number of nitrogens with one attached hydrogen (secondary N) is 1. The Labute approximate surface area is 125 Å². The second-order valence-electron chi connectivity index (χ2n) is 4.15. The van der Waals surface area contributed by atoms with Crippen LogP contribution in [-0.2, 0) is 6.54 Å². The maximum absolute atomic E-state index is 12.1. The van der Waals surface area contributed by atoms with Crippen molar-refractivity contribution in [3.05, 3.63) is 62.5 Å². The summed E-state index contributed by atoms with van der Waals surface area (Å²) in [5.74, 6) is -0.337. The SMILES string of the molecule is CCn1cc(NC(=O)c2cc(Cl)cc(Cl)c2)ccc1=O. The van der Waals surface area contributed by atoms with E-state index in [0.29, 0.717) is 27.8 Å². The van der Waals surface area contributed by atoms with Crippen LogP contribution in [0.25, 0.3) is 0 Å². The van der Waals surface area contributed by atoms with Crippen LogP contribution in [0.1, 0.15) is 17.3 Å². The molecule has 1 amide bonds. The molecule has 0 aliphatic heterocycles. The van der Waals surface area contributed by atoms with Crippen LogP contribution in [0.15, 0.2) is 41.3 Å². The number of hydrogen-bond acceptors (Lipinski definition) is 2. The first-order valence-corrected chi connectivity index (χ1v) is 6.73. The lowest BCUT2D eigenvalue weighted by Crippen LogP contribution is -2.19. The average molecular weight is 311 g/mol. The fraction of sp³-hybridized carbons (Fsp3) is 0.143. The zero-order chi connectivity index (χ0) is 14.7. The monoisotopic (exact) mass is 310 g/mol. The van der Waals surface area contributed by atoms with Gasteiger partial charge < -0.3 is 9.88 Å². The van der Waals surface area contributed by atoms with Crippen LogP contribution in [0, 0.1) is 0 Å². The second-order valence-corrected chi connectivity index (χ2v) is 5.03. The van der Waals surface area contributed by atoms with Crippen molar-refractivity contribution >= 4 is 34.8 Å². The van der Waals surface area contributed by atoms with Gasteiger partial charge in [0.05, 0.1) is 5.69 Å². The number of hydrogen-bond donors (Lipinski definition) is 1. The summed E-state index contributed by atoms with van der Waals surface area (Å²) in [6, 6.07) is 7.57. The molecule has 1 heterocycles. The van der Waals surface area contributed by atoms with E-state index in [4.69, 9.17) is 23.2 Å². The molecule has 6 heteroatoms. The summed E-state index contributed by atoms with van der Waals surface area (Å²) in [5.41, 5.74) is 0.778. The van der Waals surface area contributed by atoms with E-state index >= 15 is 0 Å². The molecule has 104 valence electrons. The van der Waals surface area contributed by atoms with Crippen LogP contribution in [0.3, 0.4) is 0 Å². The molecule has 1 N–H and O–H groups in total. The Morgan fingerprint density at radius 1 is 1.20 bits per heavy atom. The summed E-state index contributed by atoms with van der Waals surface area (Å²) in [4.78, 5) is 23.6. The van der Waals surface area contributed by atoms with E-state index in [1.165, 1.54) is 22.8 Å². The average Bonchev–Trinajstić information content (AvgIpc) is 2.39. The van der Waals surface area contributed by atoms with Gasteiger partial charge in [0, 0.05) is 34.4 Å². The molecule has 0 radical (unpaired) electrons. The highest BCUT2D eigenvalue weighted by atomic mass is 35.5. The Morgan fingerprint density at radius 2 is 1.85 bits per heavy atom. The number of aromatic nitrogens is 1. The predicted octanol–water partition coefficient (Wildman–Crippen LogP) is 3.43. The number of halogens is 2.